The summed E-state index contributed by atoms with van der Waals surface area (Å²) < 4.78 is 83.0. The number of methoxy groups -OCH3 is 1. The molecule has 0 aliphatic heterocycles. The average molecular weight is 435 g/mol. The summed E-state index contributed by atoms with van der Waals surface area (Å²) in [7, 11) is 1.18. The lowest BCUT2D eigenvalue weighted by Gasteiger charge is -2.15. The van der Waals surface area contributed by atoms with E-state index in [1.807, 2.05) is 0 Å². The Morgan fingerprint density at radius 3 is 2.14 bits per heavy atom. The first-order chi connectivity index (χ1) is 13.4. The number of halogens is 6. The molecule has 0 saturated carbocycles. The lowest BCUT2D eigenvalue weighted by molar-refractivity contribution is -0.143. The standard InChI is InChI=1S/C17H11F6N3O2S/c1-7-11-13(24-6-25-14(11)29-12(7)15(27)28-2)26-10-4-8(16(18,19)20)3-9(5-10)17(21,22)23/h3-6H,1-2H3,(H,24,25,26). The number of alkyl halides is 6. The van der Waals surface area contributed by atoms with Crippen LogP contribution in [-0.4, -0.2) is 23.0 Å². The van der Waals surface area contributed by atoms with Gasteiger partial charge in [-0.2, -0.15) is 26.3 Å². The number of fused-ring (bicyclic) bond motifs is 1. The fraction of sp³-hybridized carbons (Fsp3) is 0.235. The van der Waals surface area contributed by atoms with Gasteiger partial charge in [0.05, 0.1) is 23.6 Å². The van der Waals surface area contributed by atoms with Crippen LogP contribution in [0.1, 0.15) is 26.4 Å². The van der Waals surface area contributed by atoms with E-state index in [1.165, 1.54) is 7.11 Å². The number of hydrogen-bond donors (Lipinski definition) is 1. The number of esters is 1. The monoisotopic (exact) mass is 435 g/mol. The predicted octanol–water partition coefficient (Wildman–Crippen LogP) is 5.57. The number of benzene rings is 1. The zero-order chi connectivity index (χ0) is 21.6. The van der Waals surface area contributed by atoms with Gasteiger partial charge in [-0.05, 0) is 30.7 Å². The number of carbonyl (C=O) groups is 1. The second-order valence-electron chi connectivity index (χ2n) is 5.87. The van der Waals surface area contributed by atoms with E-state index in [1.54, 1.807) is 6.92 Å². The molecule has 0 spiro atoms. The van der Waals surface area contributed by atoms with Crippen LogP contribution in [-0.2, 0) is 17.1 Å². The van der Waals surface area contributed by atoms with Crippen LogP contribution in [0.4, 0.5) is 37.8 Å². The maximum atomic E-state index is 13.1. The molecule has 3 aromatic rings. The van der Waals surface area contributed by atoms with Gasteiger partial charge in [-0.1, -0.05) is 0 Å². The summed E-state index contributed by atoms with van der Waals surface area (Å²) >= 11 is 0.970. The molecule has 0 amide bonds. The van der Waals surface area contributed by atoms with Crippen molar-refractivity contribution in [2.45, 2.75) is 19.3 Å². The van der Waals surface area contributed by atoms with Crippen molar-refractivity contribution in [3.8, 4) is 0 Å². The minimum absolute atomic E-state index is 0.0337. The van der Waals surface area contributed by atoms with Gasteiger partial charge in [-0.25, -0.2) is 14.8 Å². The Kier molecular flexibility index (Phi) is 5.15. The Labute approximate surface area is 163 Å². The zero-order valence-corrected chi connectivity index (χ0v) is 15.5. The van der Waals surface area contributed by atoms with Crippen molar-refractivity contribution in [2.75, 3.05) is 12.4 Å². The van der Waals surface area contributed by atoms with Gasteiger partial charge in [0.1, 0.15) is 21.9 Å². The molecule has 0 bridgehead atoms. The lowest BCUT2D eigenvalue weighted by atomic mass is 10.1. The number of aromatic nitrogens is 2. The minimum atomic E-state index is -4.98. The molecule has 0 unspecified atom stereocenters. The molecule has 3 rings (SSSR count). The first-order valence-electron chi connectivity index (χ1n) is 7.80. The number of carbonyl (C=O) groups excluding carboxylic acids is 1. The van der Waals surface area contributed by atoms with Crippen molar-refractivity contribution in [1.29, 1.82) is 0 Å². The third-order valence-electron chi connectivity index (χ3n) is 3.95. The van der Waals surface area contributed by atoms with Crippen LogP contribution in [0.5, 0.6) is 0 Å². The Balaban J connectivity index is 2.14. The smallest absolute Gasteiger partial charge is 0.416 e. The van der Waals surface area contributed by atoms with E-state index in [2.05, 4.69) is 20.0 Å². The van der Waals surface area contributed by atoms with Crippen molar-refractivity contribution >= 4 is 39.0 Å². The molecular weight excluding hydrogens is 424 g/mol. The molecule has 1 aromatic carbocycles. The average Bonchev–Trinajstić information content (AvgIpc) is 2.97. The van der Waals surface area contributed by atoms with Crippen LogP contribution in [0.3, 0.4) is 0 Å². The Morgan fingerprint density at radius 1 is 1.03 bits per heavy atom. The Morgan fingerprint density at radius 2 is 1.62 bits per heavy atom. The van der Waals surface area contributed by atoms with Crippen LogP contribution in [0.25, 0.3) is 10.2 Å². The number of aryl methyl sites for hydroxylation is 1. The SMILES string of the molecule is COC(=O)c1sc2ncnc(Nc3cc(C(F)(F)F)cc(C(F)(F)F)c3)c2c1C. The molecule has 5 nitrogen and oxygen atoms in total. The number of nitrogens with one attached hydrogen (secondary N) is 1. The lowest BCUT2D eigenvalue weighted by Crippen LogP contribution is -2.11. The third kappa shape index (κ3) is 4.11. The third-order valence-corrected chi connectivity index (χ3v) is 5.13. The Hall–Kier alpha value is -2.89. The topological polar surface area (TPSA) is 64.1 Å². The summed E-state index contributed by atoms with van der Waals surface area (Å²) in [5, 5.41) is 2.78. The van der Waals surface area contributed by atoms with Crippen LogP contribution >= 0.6 is 11.3 Å². The van der Waals surface area contributed by atoms with Gasteiger partial charge < -0.3 is 10.1 Å². The molecule has 12 heteroatoms. The highest BCUT2D eigenvalue weighted by Gasteiger charge is 2.37. The maximum absolute atomic E-state index is 13.1. The summed E-state index contributed by atoms with van der Waals surface area (Å²) in [6.45, 7) is 1.55. The van der Waals surface area contributed by atoms with E-state index in [9.17, 15) is 31.1 Å². The van der Waals surface area contributed by atoms with E-state index in [0.29, 0.717) is 27.9 Å². The van der Waals surface area contributed by atoms with E-state index in [-0.39, 0.29) is 16.8 Å². The second-order valence-corrected chi connectivity index (χ2v) is 6.87. The van der Waals surface area contributed by atoms with Crippen LogP contribution in [0.15, 0.2) is 24.5 Å². The molecule has 29 heavy (non-hydrogen) atoms. The first kappa shape index (κ1) is 20.8. The van der Waals surface area contributed by atoms with Crippen LogP contribution in [0, 0.1) is 6.92 Å². The second kappa shape index (κ2) is 7.17. The highest BCUT2D eigenvalue weighted by molar-refractivity contribution is 7.20. The summed E-state index contributed by atoms with van der Waals surface area (Å²) in [5.41, 5.74) is -2.99. The molecular formula is C17H11F6N3O2S. The molecule has 1 N–H and O–H groups in total. The number of rotatable bonds is 3. The fourth-order valence-corrected chi connectivity index (χ4v) is 3.68. The van der Waals surface area contributed by atoms with Gasteiger partial charge in [-0.15, -0.1) is 11.3 Å². The van der Waals surface area contributed by atoms with Gasteiger partial charge in [0.15, 0.2) is 0 Å². The van der Waals surface area contributed by atoms with E-state index < -0.39 is 35.1 Å². The summed E-state index contributed by atoms with van der Waals surface area (Å²) in [5.74, 6) is -0.679. The summed E-state index contributed by atoms with van der Waals surface area (Å²) in [4.78, 5) is 20.3. The quantitative estimate of drug-likeness (QED) is 0.431. The first-order valence-corrected chi connectivity index (χ1v) is 8.62. The highest BCUT2D eigenvalue weighted by atomic mass is 32.1. The fourth-order valence-electron chi connectivity index (χ4n) is 2.62. The van der Waals surface area contributed by atoms with E-state index in [0.717, 1.165) is 17.7 Å². The predicted molar refractivity (Wildman–Crippen MR) is 93.2 cm³/mol. The van der Waals surface area contributed by atoms with Gasteiger partial charge in [-0.3, -0.25) is 0 Å². The minimum Gasteiger partial charge on any atom is -0.465 e. The molecule has 0 aliphatic carbocycles. The molecule has 2 aromatic heterocycles. The van der Waals surface area contributed by atoms with Crippen molar-refractivity contribution in [2.24, 2.45) is 0 Å². The van der Waals surface area contributed by atoms with E-state index >= 15 is 0 Å². The van der Waals surface area contributed by atoms with Crippen molar-refractivity contribution in [3.05, 3.63) is 46.1 Å². The molecule has 0 atom stereocenters. The highest BCUT2D eigenvalue weighted by Crippen LogP contribution is 2.39. The van der Waals surface area contributed by atoms with Crippen molar-refractivity contribution < 1.29 is 35.9 Å². The number of anilines is 2. The molecule has 2 heterocycles. The van der Waals surface area contributed by atoms with Gasteiger partial charge in [0.2, 0.25) is 0 Å². The number of thiophene rings is 1. The van der Waals surface area contributed by atoms with E-state index in [4.69, 9.17) is 0 Å². The molecule has 154 valence electrons. The zero-order valence-electron chi connectivity index (χ0n) is 14.7. The molecule has 0 radical (unpaired) electrons. The van der Waals surface area contributed by atoms with Crippen LogP contribution in [0.2, 0.25) is 0 Å². The summed E-state index contributed by atoms with van der Waals surface area (Å²) in [6, 6.07) is 1.13. The van der Waals surface area contributed by atoms with Crippen LogP contribution < -0.4 is 5.32 Å². The number of ether oxygens (including phenoxy) is 1. The Bertz CT molecular complexity index is 1060. The van der Waals surface area contributed by atoms with Gasteiger partial charge in [0, 0.05) is 5.69 Å². The maximum Gasteiger partial charge on any atom is 0.416 e. The largest absolute Gasteiger partial charge is 0.465 e. The molecule has 0 fully saturated rings. The number of hydrogen-bond acceptors (Lipinski definition) is 6. The van der Waals surface area contributed by atoms with Gasteiger partial charge in [0.25, 0.3) is 0 Å². The van der Waals surface area contributed by atoms with Crippen molar-refractivity contribution in [1.82, 2.24) is 9.97 Å². The van der Waals surface area contributed by atoms with Gasteiger partial charge >= 0.3 is 18.3 Å². The van der Waals surface area contributed by atoms with Crippen molar-refractivity contribution in [3.63, 3.8) is 0 Å². The number of nitrogens with zero attached hydrogens (tertiary/aromatic N) is 2. The molecule has 0 aliphatic rings. The summed E-state index contributed by atoms with van der Waals surface area (Å²) in [6.07, 6.45) is -8.87. The molecule has 0 saturated heterocycles. The normalized spacial score (nSPS) is 12.3.